The fourth-order valence-electron chi connectivity index (χ4n) is 2.71. The number of fused-ring (bicyclic) bond motifs is 1. The monoisotopic (exact) mass is 353 g/mol. The normalized spacial score (nSPS) is 16.8. The molecule has 0 saturated heterocycles. The van der Waals surface area contributed by atoms with E-state index in [1.165, 1.54) is 11.8 Å². The number of thioether (sulfide) groups is 1. The van der Waals surface area contributed by atoms with Crippen LogP contribution in [-0.2, 0) is 4.79 Å². The fraction of sp³-hybridized carbons (Fsp3) is 0.167. The Morgan fingerprint density at radius 3 is 2.79 bits per heavy atom. The minimum absolute atomic E-state index is 0.00895. The van der Waals surface area contributed by atoms with Gasteiger partial charge in [-0.25, -0.2) is 9.99 Å². The molecule has 0 aliphatic carbocycles. The predicted octanol–water partition coefficient (Wildman–Crippen LogP) is 4.35. The van der Waals surface area contributed by atoms with E-state index in [0.29, 0.717) is 5.75 Å². The Morgan fingerprint density at radius 2 is 1.96 bits per heavy atom. The maximum atomic E-state index is 12.6. The SMILES string of the molecule is O=C(CSc1nc2ccccc2s1)N1N=CC[C@H]1c1ccccc1. The van der Waals surface area contributed by atoms with Crippen LogP contribution in [0.4, 0.5) is 0 Å². The molecule has 1 aliphatic heterocycles. The van der Waals surface area contributed by atoms with Crippen molar-refractivity contribution in [2.75, 3.05) is 5.75 Å². The van der Waals surface area contributed by atoms with Crippen molar-refractivity contribution in [2.24, 2.45) is 5.10 Å². The lowest BCUT2D eigenvalue weighted by atomic mass is 10.0. The van der Waals surface area contributed by atoms with Crippen molar-refractivity contribution in [3.05, 3.63) is 60.2 Å². The molecule has 3 aromatic rings. The molecular formula is C18H15N3OS2. The number of para-hydroxylation sites is 1. The molecule has 0 bridgehead atoms. The lowest BCUT2D eigenvalue weighted by Gasteiger charge is -2.21. The molecule has 2 heterocycles. The Morgan fingerprint density at radius 1 is 1.17 bits per heavy atom. The zero-order chi connectivity index (χ0) is 16.4. The zero-order valence-electron chi connectivity index (χ0n) is 12.8. The van der Waals surface area contributed by atoms with Gasteiger partial charge in [0.15, 0.2) is 4.34 Å². The van der Waals surface area contributed by atoms with Crippen molar-refractivity contribution in [2.45, 2.75) is 16.8 Å². The van der Waals surface area contributed by atoms with E-state index < -0.39 is 0 Å². The van der Waals surface area contributed by atoms with Gasteiger partial charge in [-0.05, 0) is 17.7 Å². The summed E-state index contributed by atoms with van der Waals surface area (Å²) in [5.74, 6) is 0.363. The highest BCUT2D eigenvalue weighted by atomic mass is 32.2. The van der Waals surface area contributed by atoms with E-state index in [9.17, 15) is 4.79 Å². The van der Waals surface area contributed by atoms with Gasteiger partial charge < -0.3 is 0 Å². The largest absolute Gasteiger partial charge is 0.272 e. The van der Waals surface area contributed by atoms with Crippen molar-refractivity contribution >= 4 is 45.4 Å². The first-order valence-electron chi connectivity index (χ1n) is 7.69. The first-order valence-corrected chi connectivity index (χ1v) is 9.49. The molecule has 0 fully saturated rings. The van der Waals surface area contributed by atoms with Crippen LogP contribution in [0.5, 0.6) is 0 Å². The quantitative estimate of drug-likeness (QED) is 0.655. The number of carbonyl (C=O) groups excluding carboxylic acids is 1. The second-order valence-corrected chi connectivity index (χ2v) is 7.69. The second-order valence-electron chi connectivity index (χ2n) is 5.43. The summed E-state index contributed by atoms with van der Waals surface area (Å²) >= 11 is 3.10. The number of carbonyl (C=O) groups is 1. The number of amides is 1. The lowest BCUT2D eigenvalue weighted by molar-refractivity contribution is -0.130. The topological polar surface area (TPSA) is 45.6 Å². The maximum Gasteiger partial charge on any atom is 0.253 e. The molecule has 1 amide bonds. The zero-order valence-corrected chi connectivity index (χ0v) is 14.5. The van der Waals surface area contributed by atoms with Crippen LogP contribution in [0.1, 0.15) is 18.0 Å². The standard InChI is InChI=1S/C18H15N3OS2/c22-17(12-23-18-20-14-8-4-5-9-16(14)24-18)21-15(10-11-19-21)13-6-2-1-3-7-13/h1-9,11,15H,10,12H2/t15-/m0/s1. The number of thiazole rings is 1. The number of rotatable bonds is 4. The van der Waals surface area contributed by atoms with E-state index in [-0.39, 0.29) is 11.9 Å². The Kier molecular flexibility index (Phi) is 4.32. The summed E-state index contributed by atoms with van der Waals surface area (Å²) in [5, 5.41) is 5.88. The Bertz CT molecular complexity index is 858. The summed E-state index contributed by atoms with van der Waals surface area (Å²) in [5.41, 5.74) is 2.10. The van der Waals surface area contributed by atoms with Crippen LogP contribution in [-0.4, -0.2) is 27.9 Å². The molecule has 4 nitrogen and oxygen atoms in total. The van der Waals surface area contributed by atoms with Crippen LogP contribution in [0, 0.1) is 0 Å². The summed E-state index contributed by atoms with van der Waals surface area (Å²) in [6.07, 6.45) is 2.58. The minimum atomic E-state index is 0.00895. The molecule has 120 valence electrons. The first kappa shape index (κ1) is 15.4. The molecule has 0 saturated carbocycles. The van der Waals surface area contributed by atoms with Gasteiger partial charge in [-0.1, -0.05) is 54.2 Å². The number of hydrogen-bond acceptors (Lipinski definition) is 5. The predicted molar refractivity (Wildman–Crippen MR) is 99.5 cm³/mol. The van der Waals surface area contributed by atoms with Crippen molar-refractivity contribution < 1.29 is 4.79 Å². The minimum Gasteiger partial charge on any atom is -0.272 e. The molecule has 4 rings (SSSR count). The Balaban J connectivity index is 1.44. The molecule has 0 unspecified atom stereocenters. The molecular weight excluding hydrogens is 338 g/mol. The van der Waals surface area contributed by atoms with E-state index in [4.69, 9.17) is 0 Å². The highest BCUT2D eigenvalue weighted by molar-refractivity contribution is 8.01. The van der Waals surface area contributed by atoms with Crippen LogP contribution in [0.25, 0.3) is 10.2 Å². The van der Waals surface area contributed by atoms with E-state index in [1.807, 2.05) is 54.7 Å². The summed E-state index contributed by atoms with van der Waals surface area (Å²) < 4.78 is 2.07. The van der Waals surface area contributed by atoms with Gasteiger partial charge in [-0.3, -0.25) is 4.79 Å². The molecule has 2 aromatic carbocycles. The molecule has 24 heavy (non-hydrogen) atoms. The summed E-state index contributed by atoms with van der Waals surface area (Å²) in [6.45, 7) is 0. The van der Waals surface area contributed by atoms with Crippen LogP contribution >= 0.6 is 23.1 Å². The van der Waals surface area contributed by atoms with Crippen molar-refractivity contribution in [1.82, 2.24) is 9.99 Å². The van der Waals surface area contributed by atoms with Crippen LogP contribution in [0.3, 0.4) is 0 Å². The highest BCUT2D eigenvalue weighted by Gasteiger charge is 2.28. The van der Waals surface area contributed by atoms with E-state index >= 15 is 0 Å². The fourth-order valence-corrected chi connectivity index (χ4v) is 4.63. The Labute approximate surface area is 148 Å². The van der Waals surface area contributed by atoms with E-state index in [0.717, 1.165) is 26.5 Å². The smallest absolute Gasteiger partial charge is 0.253 e. The number of nitrogens with zero attached hydrogens (tertiary/aromatic N) is 3. The van der Waals surface area contributed by atoms with E-state index in [1.54, 1.807) is 16.3 Å². The second kappa shape index (κ2) is 6.75. The molecule has 0 spiro atoms. The molecule has 1 aliphatic rings. The van der Waals surface area contributed by atoms with Gasteiger partial charge in [0.2, 0.25) is 0 Å². The maximum absolute atomic E-state index is 12.6. The van der Waals surface area contributed by atoms with Gasteiger partial charge >= 0.3 is 0 Å². The number of aromatic nitrogens is 1. The number of benzene rings is 2. The van der Waals surface area contributed by atoms with Gasteiger partial charge in [0.05, 0.1) is 22.0 Å². The third-order valence-electron chi connectivity index (χ3n) is 3.86. The van der Waals surface area contributed by atoms with Crippen molar-refractivity contribution in [3.63, 3.8) is 0 Å². The molecule has 6 heteroatoms. The van der Waals surface area contributed by atoms with Crippen LogP contribution in [0.2, 0.25) is 0 Å². The highest BCUT2D eigenvalue weighted by Crippen LogP contribution is 2.32. The van der Waals surface area contributed by atoms with Gasteiger partial charge in [-0.2, -0.15) is 5.10 Å². The van der Waals surface area contributed by atoms with Crippen LogP contribution < -0.4 is 0 Å². The van der Waals surface area contributed by atoms with E-state index in [2.05, 4.69) is 16.2 Å². The molecule has 0 N–H and O–H groups in total. The summed E-state index contributed by atoms with van der Waals surface area (Å²) in [4.78, 5) is 17.1. The van der Waals surface area contributed by atoms with Gasteiger partial charge in [-0.15, -0.1) is 11.3 Å². The lowest BCUT2D eigenvalue weighted by Crippen LogP contribution is -2.28. The van der Waals surface area contributed by atoms with Crippen molar-refractivity contribution in [3.8, 4) is 0 Å². The Hall–Kier alpha value is -2.18. The summed E-state index contributed by atoms with van der Waals surface area (Å²) in [6, 6.07) is 18.1. The van der Waals surface area contributed by atoms with Crippen molar-refractivity contribution in [1.29, 1.82) is 0 Å². The summed E-state index contributed by atoms with van der Waals surface area (Å²) in [7, 11) is 0. The van der Waals surface area contributed by atoms with Crippen LogP contribution in [0.15, 0.2) is 64.0 Å². The average Bonchev–Trinajstić information content (AvgIpc) is 3.27. The molecule has 0 radical (unpaired) electrons. The first-order chi connectivity index (χ1) is 11.8. The third kappa shape index (κ3) is 3.07. The van der Waals surface area contributed by atoms with Gasteiger partial charge in [0.25, 0.3) is 5.91 Å². The number of hydrogen-bond donors (Lipinski definition) is 0. The van der Waals surface area contributed by atoms with Gasteiger partial charge in [0.1, 0.15) is 0 Å². The average molecular weight is 353 g/mol. The molecule has 1 aromatic heterocycles. The van der Waals surface area contributed by atoms with Gasteiger partial charge in [0, 0.05) is 12.6 Å². The molecule has 1 atom stereocenters. The number of hydrazone groups is 1. The third-order valence-corrected chi connectivity index (χ3v) is 6.03.